The van der Waals surface area contributed by atoms with E-state index in [9.17, 15) is 24.5 Å². The minimum atomic E-state index is -2.27. The zero-order chi connectivity index (χ0) is 32.6. The van der Waals surface area contributed by atoms with Crippen LogP contribution >= 0.6 is 11.6 Å². The van der Waals surface area contributed by atoms with Crippen LogP contribution in [0.25, 0.3) is 10.9 Å². The Bertz CT molecular complexity index is 1620. The lowest BCUT2D eigenvalue weighted by Crippen LogP contribution is -2.47. The number of nitrogens with two attached hydrogens (primary N) is 1. The SMILES string of the molecule is CC(C)(C)[Si](C)(C)OCC(NC(=O)CN(C(=O)Cn1nc(C(N)=O)c2cc([N+](=O)[O-])ccc21)C1CC1)c1cccc(Cl)c1F. The average molecular weight is 647 g/mol. The largest absolute Gasteiger partial charge is 0.414 e. The molecule has 1 unspecified atom stereocenters. The average Bonchev–Trinajstić information content (AvgIpc) is 3.71. The van der Waals surface area contributed by atoms with Gasteiger partial charge in [-0.05, 0) is 43.1 Å². The summed E-state index contributed by atoms with van der Waals surface area (Å²) in [5.41, 5.74) is 5.46. The molecule has 1 heterocycles. The maximum atomic E-state index is 15.1. The second-order valence-electron chi connectivity index (χ2n) is 12.4. The number of carbonyl (C=O) groups excluding carboxylic acids is 3. The van der Waals surface area contributed by atoms with Crippen molar-refractivity contribution in [1.29, 1.82) is 0 Å². The number of hydrogen-bond acceptors (Lipinski definition) is 7. The highest BCUT2D eigenvalue weighted by molar-refractivity contribution is 6.74. The van der Waals surface area contributed by atoms with Crippen LogP contribution in [0.1, 0.15) is 55.7 Å². The minimum Gasteiger partial charge on any atom is -0.414 e. The molecule has 1 atom stereocenters. The lowest BCUT2D eigenvalue weighted by atomic mass is 10.1. The summed E-state index contributed by atoms with van der Waals surface area (Å²) in [7, 11) is -2.27. The first-order valence-electron chi connectivity index (χ1n) is 14.1. The van der Waals surface area contributed by atoms with E-state index in [1.54, 1.807) is 6.07 Å². The van der Waals surface area contributed by atoms with Crippen LogP contribution in [0.15, 0.2) is 36.4 Å². The van der Waals surface area contributed by atoms with Crippen molar-refractivity contribution in [1.82, 2.24) is 20.0 Å². The van der Waals surface area contributed by atoms with E-state index in [-0.39, 0.29) is 58.1 Å². The third kappa shape index (κ3) is 7.25. The molecule has 3 amide bonds. The number of amides is 3. The molecule has 3 N–H and O–H groups in total. The smallest absolute Gasteiger partial charge is 0.270 e. The van der Waals surface area contributed by atoms with Gasteiger partial charge in [0.1, 0.15) is 12.4 Å². The van der Waals surface area contributed by atoms with E-state index < -0.39 is 42.8 Å². The number of hydrogen-bond donors (Lipinski definition) is 2. The van der Waals surface area contributed by atoms with Crippen molar-refractivity contribution < 1.29 is 28.1 Å². The van der Waals surface area contributed by atoms with E-state index in [2.05, 4.69) is 44.3 Å². The summed E-state index contributed by atoms with van der Waals surface area (Å²) < 4.78 is 22.7. The number of primary amides is 1. The van der Waals surface area contributed by atoms with Gasteiger partial charge in [-0.3, -0.25) is 29.2 Å². The number of fused-ring (bicyclic) bond motifs is 1. The van der Waals surface area contributed by atoms with Gasteiger partial charge in [-0.25, -0.2) is 4.39 Å². The normalized spacial score (nSPS) is 14.3. The third-order valence-electron chi connectivity index (χ3n) is 8.19. The zero-order valence-corrected chi connectivity index (χ0v) is 27.0. The molecule has 0 aliphatic heterocycles. The third-order valence-corrected chi connectivity index (χ3v) is 13.0. The van der Waals surface area contributed by atoms with Gasteiger partial charge in [0.2, 0.25) is 11.8 Å². The Morgan fingerprint density at radius 1 is 1.27 bits per heavy atom. The molecule has 3 aromatic rings. The van der Waals surface area contributed by atoms with Crippen LogP contribution in [-0.2, 0) is 20.6 Å². The molecule has 1 aliphatic rings. The van der Waals surface area contributed by atoms with Crippen LogP contribution in [0.2, 0.25) is 23.2 Å². The number of nitrogens with one attached hydrogen (secondary N) is 1. The number of carbonyl (C=O) groups is 3. The highest BCUT2D eigenvalue weighted by Crippen LogP contribution is 2.37. The maximum absolute atomic E-state index is 15.1. The second kappa shape index (κ2) is 12.6. The molecular weight excluding hydrogens is 611 g/mol. The van der Waals surface area contributed by atoms with Crippen molar-refractivity contribution in [2.24, 2.45) is 5.73 Å². The molecule has 2 aromatic carbocycles. The molecule has 15 heteroatoms. The summed E-state index contributed by atoms with van der Waals surface area (Å²) >= 11 is 6.05. The topological polar surface area (TPSA) is 163 Å². The summed E-state index contributed by atoms with van der Waals surface area (Å²) in [5.74, 6) is -2.54. The first-order chi connectivity index (χ1) is 20.5. The Balaban J connectivity index is 1.55. The number of benzene rings is 2. The molecule has 236 valence electrons. The van der Waals surface area contributed by atoms with Gasteiger partial charge in [-0.2, -0.15) is 5.10 Å². The number of halogens is 2. The molecule has 1 fully saturated rings. The van der Waals surface area contributed by atoms with Gasteiger partial charge in [0, 0.05) is 29.1 Å². The predicted octanol–water partition coefficient (Wildman–Crippen LogP) is 4.71. The fraction of sp³-hybridized carbons (Fsp3) is 0.448. The van der Waals surface area contributed by atoms with Gasteiger partial charge in [-0.15, -0.1) is 0 Å². The van der Waals surface area contributed by atoms with Gasteiger partial charge in [-0.1, -0.05) is 44.5 Å². The zero-order valence-electron chi connectivity index (χ0n) is 25.2. The van der Waals surface area contributed by atoms with Crippen molar-refractivity contribution in [2.75, 3.05) is 13.2 Å². The molecule has 4 rings (SSSR count). The maximum Gasteiger partial charge on any atom is 0.270 e. The molecule has 12 nitrogen and oxygen atoms in total. The van der Waals surface area contributed by atoms with E-state index in [0.717, 1.165) is 0 Å². The Labute approximate surface area is 259 Å². The van der Waals surface area contributed by atoms with Crippen LogP contribution < -0.4 is 11.1 Å². The Morgan fingerprint density at radius 3 is 2.55 bits per heavy atom. The number of non-ortho nitro benzene ring substituents is 1. The van der Waals surface area contributed by atoms with E-state index in [4.69, 9.17) is 21.8 Å². The number of nitro benzene ring substituents is 1. The van der Waals surface area contributed by atoms with Crippen molar-refractivity contribution in [3.63, 3.8) is 0 Å². The van der Waals surface area contributed by atoms with Gasteiger partial charge in [0.05, 0.1) is 34.7 Å². The van der Waals surface area contributed by atoms with E-state index in [0.29, 0.717) is 18.4 Å². The summed E-state index contributed by atoms with van der Waals surface area (Å²) in [6, 6.07) is 7.30. The van der Waals surface area contributed by atoms with E-state index in [1.807, 2.05) is 0 Å². The van der Waals surface area contributed by atoms with E-state index >= 15 is 4.39 Å². The molecule has 44 heavy (non-hydrogen) atoms. The number of nitrogens with zero attached hydrogens (tertiary/aromatic N) is 4. The van der Waals surface area contributed by atoms with Gasteiger partial charge in [0.25, 0.3) is 11.6 Å². The quantitative estimate of drug-likeness (QED) is 0.164. The molecule has 0 saturated heterocycles. The Kier molecular flexibility index (Phi) is 9.47. The molecule has 0 radical (unpaired) electrons. The molecule has 1 aliphatic carbocycles. The fourth-order valence-electron chi connectivity index (χ4n) is 4.51. The fourth-order valence-corrected chi connectivity index (χ4v) is 5.71. The Hall–Kier alpha value is -3.88. The standard InChI is InChI=1S/C29H36ClFN6O6Si/c1-29(2,3)44(4,5)43-16-22(19-7-6-8-21(30)26(19)31)33-24(38)14-35(17-9-10-17)25(39)15-36-23-12-11-18(37(41)42)13-20(23)27(34-36)28(32)40/h6-8,11-13,17,22H,9-10,14-16H2,1-5H3,(H2,32,40)(H,33,38). The molecule has 1 saturated carbocycles. The molecular formula is C29H36ClFN6O6Si. The summed E-state index contributed by atoms with van der Waals surface area (Å²) in [5, 5.41) is 18.2. The summed E-state index contributed by atoms with van der Waals surface area (Å²) in [6.07, 6.45) is 1.39. The van der Waals surface area contributed by atoms with Crippen LogP contribution in [0.5, 0.6) is 0 Å². The number of rotatable bonds is 12. The second-order valence-corrected chi connectivity index (χ2v) is 17.6. The van der Waals surface area contributed by atoms with Gasteiger partial charge in [0.15, 0.2) is 14.0 Å². The monoisotopic (exact) mass is 646 g/mol. The number of nitro groups is 1. The van der Waals surface area contributed by atoms with Crippen LogP contribution in [0, 0.1) is 15.9 Å². The lowest BCUT2D eigenvalue weighted by molar-refractivity contribution is -0.384. The van der Waals surface area contributed by atoms with Crippen LogP contribution in [-0.4, -0.2) is 64.8 Å². The van der Waals surface area contributed by atoms with Gasteiger partial charge < -0.3 is 20.4 Å². The van der Waals surface area contributed by atoms with Crippen molar-refractivity contribution in [3.05, 3.63) is 68.6 Å². The van der Waals surface area contributed by atoms with Crippen molar-refractivity contribution in [2.45, 2.75) is 70.4 Å². The summed E-state index contributed by atoms with van der Waals surface area (Å²) in [4.78, 5) is 51.0. The summed E-state index contributed by atoms with van der Waals surface area (Å²) in [6.45, 7) is 9.68. The van der Waals surface area contributed by atoms with Crippen LogP contribution in [0.4, 0.5) is 10.1 Å². The first kappa shape index (κ1) is 33.0. The Morgan fingerprint density at radius 2 is 1.95 bits per heavy atom. The van der Waals surface area contributed by atoms with Crippen LogP contribution in [0.3, 0.4) is 0 Å². The van der Waals surface area contributed by atoms with Gasteiger partial charge >= 0.3 is 0 Å². The van der Waals surface area contributed by atoms with Crippen molar-refractivity contribution in [3.8, 4) is 0 Å². The lowest BCUT2D eigenvalue weighted by Gasteiger charge is -2.37. The minimum absolute atomic E-state index is 0.0121. The molecule has 1 aromatic heterocycles. The number of aromatic nitrogens is 2. The molecule has 0 spiro atoms. The predicted molar refractivity (Wildman–Crippen MR) is 165 cm³/mol. The van der Waals surface area contributed by atoms with Crippen molar-refractivity contribution >= 4 is 54.2 Å². The van der Waals surface area contributed by atoms with E-state index in [1.165, 1.54) is 39.9 Å². The first-order valence-corrected chi connectivity index (χ1v) is 17.4. The highest BCUT2D eigenvalue weighted by atomic mass is 35.5. The molecule has 0 bridgehead atoms. The highest BCUT2D eigenvalue weighted by Gasteiger charge is 2.39.